The maximum atomic E-state index is 9.71. The van der Waals surface area contributed by atoms with Crippen LogP contribution in [0.15, 0.2) is 35.3 Å². The minimum absolute atomic E-state index is 0.578. The Hall–Kier alpha value is -2.84. The number of aryl methyl sites for hydroxylation is 1. The van der Waals surface area contributed by atoms with Crippen LogP contribution in [0.25, 0.3) is 10.8 Å². The van der Waals surface area contributed by atoms with Gasteiger partial charge in [-0.05, 0) is 74.1 Å². The Labute approximate surface area is 175 Å². The predicted molar refractivity (Wildman–Crippen MR) is 119 cm³/mol. The summed E-state index contributed by atoms with van der Waals surface area (Å²) in [5.74, 6) is 1.62. The van der Waals surface area contributed by atoms with E-state index in [-0.39, 0.29) is 0 Å². The van der Waals surface area contributed by atoms with Crippen molar-refractivity contribution in [2.45, 2.75) is 39.5 Å². The number of ether oxygens (including phenoxy) is 2. The number of hydrogen-bond donors (Lipinski definition) is 0. The van der Waals surface area contributed by atoms with Gasteiger partial charge in [0.25, 0.3) is 0 Å². The summed E-state index contributed by atoms with van der Waals surface area (Å²) >= 11 is 1.66. The number of fused-ring (bicyclic) bond motifs is 2. The van der Waals surface area contributed by atoms with Gasteiger partial charge in [-0.2, -0.15) is 5.26 Å². The first-order valence-corrected chi connectivity index (χ1v) is 11.0. The smallest absolute Gasteiger partial charge is 0.134 e. The third-order valence-electron chi connectivity index (χ3n) is 5.18. The van der Waals surface area contributed by atoms with Gasteiger partial charge in [0.1, 0.15) is 22.6 Å². The molecule has 0 amide bonds. The van der Waals surface area contributed by atoms with Crippen LogP contribution in [0.1, 0.15) is 48.3 Å². The van der Waals surface area contributed by atoms with Crippen molar-refractivity contribution >= 4 is 33.3 Å². The van der Waals surface area contributed by atoms with Crippen molar-refractivity contribution in [3.8, 4) is 17.6 Å². The second-order valence-electron chi connectivity index (χ2n) is 6.99. The molecule has 29 heavy (non-hydrogen) atoms. The molecule has 0 aliphatic heterocycles. The Bertz CT molecular complexity index is 1100. The summed E-state index contributed by atoms with van der Waals surface area (Å²) in [5, 5.41) is 12.6. The number of aliphatic imine (C=N–C) groups is 1. The van der Waals surface area contributed by atoms with E-state index in [1.54, 1.807) is 11.3 Å². The molecule has 0 unspecified atom stereocenters. The Morgan fingerprint density at radius 2 is 1.90 bits per heavy atom. The number of rotatable bonds is 6. The Kier molecular flexibility index (Phi) is 5.82. The molecule has 0 saturated carbocycles. The number of thiophene rings is 1. The first-order chi connectivity index (χ1) is 14.2. The van der Waals surface area contributed by atoms with Crippen LogP contribution in [0.2, 0.25) is 0 Å². The van der Waals surface area contributed by atoms with E-state index in [0.29, 0.717) is 13.2 Å². The molecule has 1 aliphatic rings. The highest BCUT2D eigenvalue weighted by molar-refractivity contribution is 7.16. The summed E-state index contributed by atoms with van der Waals surface area (Å²) in [4.78, 5) is 6.09. The standard InChI is InChI=1S/C24H24N2O2S/c1-3-27-17-11-9-16-10-12-22(28-4-2)21(19(16)13-17)15-26-24-20(14-25)18-7-5-6-8-23(18)29-24/h9-13,15H,3-8H2,1-2H3. The van der Waals surface area contributed by atoms with Crippen molar-refractivity contribution < 1.29 is 9.47 Å². The summed E-state index contributed by atoms with van der Waals surface area (Å²) < 4.78 is 11.6. The second kappa shape index (κ2) is 8.67. The average Bonchev–Trinajstić information content (AvgIpc) is 3.10. The van der Waals surface area contributed by atoms with Crippen molar-refractivity contribution in [3.63, 3.8) is 0 Å². The van der Waals surface area contributed by atoms with Gasteiger partial charge in [-0.15, -0.1) is 11.3 Å². The molecule has 1 aromatic heterocycles. The maximum absolute atomic E-state index is 9.71. The van der Waals surface area contributed by atoms with Crippen LogP contribution >= 0.6 is 11.3 Å². The predicted octanol–water partition coefficient (Wildman–Crippen LogP) is 6.20. The molecule has 0 bridgehead atoms. The van der Waals surface area contributed by atoms with Crippen LogP contribution < -0.4 is 9.47 Å². The lowest BCUT2D eigenvalue weighted by molar-refractivity contribution is 0.339. The molecular weight excluding hydrogens is 380 g/mol. The Balaban J connectivity index is 1.82. The van der Waals surface area contributed by atoms with E-state index in [4.69, 9.17) is 14.5 Å². The van der Waals surface area contributed by atoms with Gasteiger partial charge in [-0.25, -0.2) is 4.99 Å². The zero-order chi connectivity index (χ0) is 20.2. The topological polar surface area (TPSA) is 54.6 Å². The van der Waals surface area contributed by atoms with Gasteiger partial charge in [-0.3, -0.25) is 0 Å². The van der Waals surface area contributed by atoms with Crippen LogP contribution in [-0.2, 0) is 12.8 Å². The molecule has 148 valence electrons. The zero-order valence-corrected chi connectivity index (χ0v) is 17.6. The van der Waals surface area contributed by atoms with Gasteiger partial charge in [0.15, 0.2) is 0 Å². The SMILES string of the molecule is CCOc1ccc2ccc(OCC)c(C=Nc3sc4c(c3C#N)CCCC4)c2c1. The van der Waals surface area contributed by atoms with Crippen molar-refractivity contribution in [2.75, 3.05) is 13.2 Å². The van der Waals surface area contributed by atoms with E-state index in [1.807, 2.05) is 38.3 Å². The second-order valence-corrected chi connectivity index (χ2v) is 8.07. The summed E-state index contributed by atoms with van der Waals surface area (Å²) in [6.45, 7) is 5.15. The van der Waals surface area contributed by atoms with Crippen molar-refractivity contribution in [1.82, 2.24) is 0 Å². The van der Waals surface area contributed by atoms with Gasteiger partial charge in [0.05, 0.1) is 18.8 Å². The largest absolute Gasteiger partial charge is 0.494 e. The van der Waals surface area contributed by atoms with Crippen molar-refractivity contribution in [3.05, 3.63) is 51.9 Å². The van der Waals surface area contributed by atoms with Crippen molar-refractivity contribution in [1.29, 1.82) is 5.26 Å². The van der Waals surface area contributed by atoms with Crippen LogP contribution in [0.4, 0.5) is 5.00 Å². The minimum Gasteiger partial charge on any atom is -0.494 e. The van der Waals surface area contributed by atoms with E-state index < -0.39 is 0 Å². The normalized spacial score (nSPS) is 13.4. The molecule has 4 nitrogen and oxygen atoms in total. The summed E-state index contributed by atoms with van der Waals surface area (Å²) in [7, 11) is 0. The van der Waals surface area contributed by atoms with E-state index >= 15 is 0 Å². The molecule has 0 fully saturated rings. The highest BCUT2D eigenvalue weighted by Gasteiger charge is 2.20. The monoisotopic (exact) mass is 404 g/mol. The number of nitrogens with zero attached hydrogens (tertiary/aromatic N) is 2. The van der Waals surface area contributed by atoms with Gasteiger partial charge in [0.2, 0.25) is 0 Å². The highest BCUT2D eigenvalue weighted by atomic mass is 32.1. The number of hydrogen-bond acceptors (Lipinski definition) is 5. The van der Waals surface area contributed by atoms with Crippen LogP contribution in [0, 0.1) is 11.3 Å². The third-order valence-corrected chi connectivity index (χ3v) is 6.38. The number of benzene rings is 2. The molecule has 0 atom stereocenters. The van der Waals surface area contributed by atoms with Gasteiger partial charge < -0.3 is 9.47 Å². The molecule has 0 radical (unpaired) electrons. The fourth-order valence-electron chi connectivity index (χ4n) is 3.85. The van der Waals surface area contributed by atoms with E-state index in [0.717, 1.165) is 57.7 Å². The third kappa shape index (κ3) is 3.86. The first-order valence-electron chi connectivity index (χ1n) is 10.2. The maximum Gasteiger partial charge on any atom is 0.134 e. The Morgan fingerprint density at radius 3 is 2.69 bits per heavy atom. The fourth-order valence-corrected chi connectivity index (χ4v) is 5.04. The van der Waals surface area contributed by atoms with Crippen LogP contribution in [0.5, 0.6) is 11.5 Å². The molecule has 2 aromatic carbocycles. The average molecular weight is 405 g/mol. The van der Waals surface area contributed by atoms with Gasteiger partial charge >= 0.3 is 0 Å². The quantitative estimate of drug-likeness (QED) is 0.460. The van der Waals surface area contributed by atoms with E-state index in [1.165, 1.54) is 16.9 Å². The number of nitriles is 1. The molecule has 3 aromatic rings. The van der Waals surface area contributed by atoms with Crippen molar-refractivity contribution in [2.24, 2.45) is 4.99 Å². The van der Waals surface area contributed by atoms with Crippen LogP contribution in [0.3, 0.4) is 0 Å². The molecule has 5 heteroatoms. The summed E-state index contributed by atoms with van der Waals surface area (Å²) in [5.41, 5.74) is 2.87. The molecular formula is C24H24N2O2S. The van der Waals surface area contributed by atoms with E-state index in [9.17, 15) is 5.26 Å². The molecule has 1 heterocycles. The lowest BCUT2D eigenvalue weighted by atomic mass is 9.96. The molecule has 0 saturated heterocycles. The summed E-state index contributed by atoms with van der Waals surface area (Å²) in [6, 6.07) is 12.5. The lowest BCUT2D eigenvalue weighted by Gasteiger charge is -2.12. The summed E-state index contributed by atoms with van der Waals surface area (Å²) in [6.07, 6.45) is 6.24. The van der Waals surface area contributed by atoms with E-state index in [2.05, 4.69) is 18.2 Å². The first kappa shape index (κ1) is 19.5. The van der Waals surface area contributed by atoms with Gasteiger partial charge in [-0.1, -0.05) is 12.1 Å². The highest BCUT2D eigenvalue weighted by Crippen LogP contribution is 2.40. The fraction of sp³-hybridized carbons (Fsp3) is 0.333. The zero-order valence-electron chi connectivity index (χ0n) is 16.8. The van der Waals surface area contributed by atoms with Crippen LogP contribution in [-0.4, -0.2) is 19.4 Å². The minimum atomic E-state index is 0.578. The van der Waals surface area contributed by atoms with Gasteiger partial charge in [0, 0.05) is 16.7 Å². The molecule has 4 rings (SSSR count). The molecule has 1 aliphatic carbocycles. The molecule has 0 spiro atoms. The Morgan fingerprint density at radius 1 is 1.10 bits per heavy atom. The lowest BCUT2D eigenvalue weighted by Crippen LogP contribution is -1.99. The molecule has 0 N–H and O–H groups in total.